The molecule has 14 heavy (non-hydrogen) atoms. The van der Waals surface area contributed by atoms with Gasteiger partial charge in [-0.15, -0.1) is 0 Å². The first-order chi connectivity index (χ1) is 6.72. The molecule has 74 valence electrons. The van der Waals surface area contributed by atoms with Gasteiger partial charge in [0.15, 0.2) is 0 Å². The molecule has 0 radical (unpaired) electrons. The van der Waals surface area contributed by atoms with E-state index in [1.54, 1.807) is 7.11 Å². The van der Waals surface area contributed by atoms with Crippen molar-refractivity contribution in [2.75, 3.05) is 7.11 Å². The fraction of sp³-hybridized carbons (Fsp3) is 0.333. The van der Waals surface area contributed by atoms with E-state index in [9.17, 15) is 0 Å². The lowest BCUT2D eigenvalue weighted by Crippen LogP contribution is -2.16. The van der Waals surface area contributed by atoms with Gasteiger partial charge in [-0.25, -0.2) is 0 Å². The largest absolute Gasteiger partial charge is 0.497 e. The summed E-state index contributed by atoms with van der Waals surface area (Å²) in [5.41, 5.74) is 9.72. The van der Waals surface area contributed by atoms with Crippen molar-refractivity contribution < 1.29 is 4.74 Å². The maximum Gasteiger partial charge on any atom is 0.119 e. The van der Waals surface area contributed by atoms with Crippen LogP contribution in [0.15, 0.2) is 24.3 Å². The molecule has 0 saturated carbocycles. The highest BCUT2D eigenvalue weighted by Crippen LogP contribution is 2.31. The fourth-order valence-electron chi connectivity index (χ4n) is 1.89. The van der Waals surface area contributed by atoms with E-state index in [1.165, 1.54) is 16.7 Å². The molecule has 1 unspecified atom stereocenters. The third-order valence-corrected chi connectivity index (χ3v) is 2.66. The maximum atomic E-state index is 5.89. The van der Waals surface area contributed by atoms with Crippen molar-refractivity contribution in [2.24, 2.45) is 5.73 Å². The summed E-state index contributed by atoms with van der Waals surface area (Å²) >= 11 is 0. The van der Waals surface area contributed by atoms with Crippen LogP contribution in [0.25, 0.3) is 5.57 Å². The first-order valence-electron chi connectivity index (χ1n) is 4.85. The molecule has 2 N–H and O–H groups in total. The van der Waals surface area contributed by atoms with Crippen molar-refractivity contribution in [3.05, 3.63) is 35.4 Å². The Hall–Kier alpha value is -1.28. The minimum absolute atomic E-state index is 0.100. The van der Waals surface area contributed by atoms with E-state index >= 15 is 0 Å². The Bertz CT molecular complexity index is 380. The second-order valence-electron chi connectivity index (χ2n) is 3.68. The number of ether oxygens (including phenoxy) is 1. The van der Waals surface area contributed by atoms with Crippen LogP contribution in [0, 0.1) is 0 Å². The number of nitrogens with two attached hydrogens (primary N) is 1. The smallest absolute Gasteiger partial charge is 0.119 e. The Morgan fingerprint density at radius 2 is 2.21 bits per heavy atom. The number of hydrogen-bond donors (Lipinski definition) is 1. The topological polar surface area (TPSA) is 35.2 Å². The second-order valence-corrected chi connectivity index (χ2v) is 3.68. The van der Waals surface area contributed by atoms with Gasteiger partial charge in [-0.2, -0.15) is 0 Å². The number of allylic oxidation sites excluding steroid dienone is 1. The summed E-state index contributed by atoms with van der Waals surface area (Å²) in [6, 6.07) is 6.28. The number of benzene rings is 1. The molecule has 1 atom stereocenters. The molecule has 0 spiro atoms. The zero-order valence-electron chi connectivity index (χ0n) is 8.58. The average molecular weight is 189 g/mol. The number of fused-ring (bicyclic) bond motifs is 1. The molecule has 1 aromatic rings. The van der Waals surface area contributed by atoms with E-state index in [-0.39, 0.29) is 6.04 Å². The minimum Gasteiger partial charge on any atom is -0.497 e. The maximum absolute atomic E-state index is 5.89. The van der Waals surface area contributed by atoms with Crippen LogP contribution in [0.1, 0.15) is 18.1 Å². The molecule has 1 aliphatic rings. The Morgan fingerprint density at radius 1 is 1.43 bits per heavy atom. The summed E-state index contributed by atoms with van der Waals surface area (Å²) in [5.74, 6) is 0.900. The third kappa shape index (κ3) is 1.42. The van der Waals surface area contributed by atoms with Crippen LogP contribution in [0.2, 0.25) is 0 Å². The SMILES string of the molecule is COc1ccc2c(c1)C(C(C)N)=CC2. The van der Waals surface area contributed by atoms with Gasteiger partial charge in [0, 0.05) is 6.04 Å². The quantitative estimate of drug-likeness (QED) is 0.772. The molecule has 0 aromatic heterocycles. The molecule has 0 heterocycles. The van der Waals surface area contributed by atoms with Gasteiger partial charge in [-0.1, -0.05) is 12.1 Å². The number of hydrogen-bond acceptors (Lipinski definition) is 2. The van der Waals surface area contributed by atoms with Crippen LogP contribution >= 0.6 is 0 Å². The van der Waals surface area contributed by atoms with Crippen molar-refractivity contribution >= 4 is 5.57 Å². The first-order valence-corrected chi connectivity index (χ1v) is 4.85. The number of rotatable bonds is 2. The van der Waals surface area contributed by atoms with Crippen molar-refractivity contribution in [2.45, 2.75) is 19.4 Å². The highest BCUT2D eigenvalue weighted by molar-refractivity contribution is 5.76. The van der Waals surface area contributed by atoms with Gasteiger partial charge in [0.25, 0.3) is 0 Å². The predicted octanol–water partition coefficient (Wildman–Crippen LogP) is 1.98. The molecule has 2 nitrogen and oxygen atoms in total. The van der Waals surface area contributed by atoms with E-state index in [4.69, 9.17) is 10.5 Å². The Labute approximate surface area is 84.4 Å². The standard InChI is InChI=1S/C12H15NO/c1-8(13)11-6-4-9-3-5-10(14-2)7-12(9)11/h3,5-8H,4,13H2,1-2H3. The van der Waals surface area contributed by atoms with Crippen LogP contribution in [-0.4, -0.2) is 13.2 Å². The molecule has 0 amide bonds. The summed E-state index contributed by atoms with van der Waals surface area (Å²) in [7, 11) is 1.69. The van der Waals surface area contributed by atoms with E-state index in [0.717, 1.165) is 12.2 Å². The zero-order valence-corrected chi connectivity index (χ0v) is 8.58. The molecule has 2 heteroatoms. The average Bonchev–Trinajstić information content (AvgIpc) is 2.59. The summed E-state index contributed by atoms with van der Waals surface area (Å²) in [6.45, 7) is 2.01. The molecule has 1 aliphatic carbocycles. The van der Waals surface area contributed by atoms with Gasteiger partial charge >= 0.3 is 0 Å². The van der Waals surface area contributed by atoms with E-state index in [1.807, 2.05) is 13.0 Å². The summed E-state index contributed by atoms with van der Waals surface area (Å²) in [5, 5.41) is 0. The van der Waals surface area contributed by atoms with Gasteiger partial charge in [-0.05, 0) is 42.2 Å². The molecular weight excluding hydrogens is 174 g/mol. The molecular formula is C12H15NO. The fourth-order valence-corrected chi connectivity index (χ4v) is 1.89. The normalized spacial score (nSPS) is 16.1. The van der Waals surface area contributed by atoms with Crippen LogP contribution < -0.4 is 10.5 Å². The van der Waals surface area contributed by atoms with Gasteiger partial charge in [0.05, 0.1) is 7.11 Å². The van der Waals surface area contributed by atoms with Crippen LogP contribution in [-0.2, 0) is 6.42 Å². The number of methoxy groups -OCH3 is 1. The predicted molar refractivity (Wildman–Crippen MR) is 58.3 cm³/mol. The van der Waals surface area contributed by atoms with Gasteiger partial charge < -0.3 is 10.5 Å². The molecule has 2 rings (SSSR count). The summed E-state index contributed by atoms with van der Waals surface area (Å²) in [4.78, 5) is 0. The summed E-state index contributed by atoms with van der Waals surface area (Å²) in [6.07, 6.45) is 3.20. The third-order valence-electron chi connectivity index (χ3n) is 2.66. The highest BCUT2D eigenvalue weighted by Gasteiger charge is 2.17. The lowest BCUT2D eigenvalue weighted by Gasteiger charge is -2.10. The van der Waals surface area contributed by atoms with E-state index in [2.05, 4.69) is 18.2 Å². The summed E-state index contributed by atoms with van der Waals surface area (Å²) < 4.78 is 5.20. The van der Waals surface area contributed by atoms with Gasteiger partial charge in [0.2, 0.25) is 0 Å². The second kappa shape index (κ2) is 3.46. The molecule has 1 aromatic carbocycles. The first kappa shape index (κ1) is 9.28. The van der Waals surface area contributed by atoms with Crippen molar-refractivity contribution in [3.63, 3.8) is 0 Å². The Morgan fingerprint density at radius 3 is 2.86 bits per heavy atom. The monoisotopic (exact) mass is 189 g/mol. The molecule has 0 aliphatic heterocycles. The Balaban J connectivity index is 2.43. The molecule has 0 bridgehead atoms. The van der Waals surface area contributed by atoms with E-state index < -0.39 is 0 Å². The van der Waals surface area contributed by atoms with Crippen molar-refractivity contribution in [1.82, 2.24) is 0 Å². The minimum atomic E-state index is 0.100. The van der Waals surface area contributed by atoms with Gasteiger partial charge in [0.1, 0.15) is 5.75 Å². The highest BCUT2D eigenvalue weighted by atomic mass is 16.5. The zero-order chi connectivity index (χ0) is 10.1. The lowest BCUT2D eigenvalue weighted by atomic mass is 10.0. The molecule has 0 saturated heterocycles. The van der Waals surface area contributed by atoms with Crippen molar-refractivity contribution in [1.29, 1.82) is 0 Å². The molecule has 0 fully saturated rings. The van der Waals surface area contributed by atoms with Crippen LogP contribution in [0.4, 0.5) is 0 Å². The van der Waals surface area contributed by atoms with Crippen molar-refractivity contribution in [3.8, 4) is 5.75 Å². The van der Waals surface area contributed by atoms with Crippen LogP contribution in [0.5, 0.6) is 5.75 Å². The van der Waals surface area contributed by atoms with Crippen LogP contribution in [0.3, 0.4) is 0 Å². The van der Waals surface area contributed by atoms with Gasteiger partial charge in [-0.3, -0.25) is 0 Å². The lowest BCUT2D eigenvalue weighted by molar-refractivity contribution is 0.414. The Kier molecular flexibility index (Phi) is 2.30. The van der Waals surface area contributed by atoms with E-state index in [0.29, 0.717) is 0 Å².